The smallest absolute Gasteiger partial charge is 0.195 e. The first-order valence-electron chi connectivity index (χ1n) is 7.24. The number of nitrogens with one attached hydrogen (secondary N) is 1. The number of H-pyrrole nitrogens is 1. The lowest BCUT2D eigenvalue weighted by molar-refractivity contribution is -0.127. The normalized spacial score (nSPS) is 23.8. The van der Waals surface area contributed by atoms with E-state index >= 15 is 0 Å². The molecule has 2 atom stereocenters. The highest BCUT2D eigenvalue weighted by molar-refractivity contribution is 7.71. The van der Waals surface area contributed by atoms with Gasteiger partial charge in [0.15, 0.2) is 10.6 Å². The molecule has 1 aliphatic carbocycles. The average molecular weight is 304 g/mol. The minimum Gasteiger partial charge on any atom is -0.378 e. The molecule has 1 aliphatic rings. The molecule has 0 spiro atoms. The van der Waals surface area contributed by atoms with Crippen LogP contribution in [0.3, 0.4) is 0 Å². The van der Waals surface area contributed by atoms with E-state index in [4.69, 9.17) is 17.0 Å². The van der Waals surface area contributed by atoms with Gasteiger partial charge in [0.1, 0.15) is 0 Å². The van der Waals surface area contributed by atoms with Crippen molar-refractivity contribution in [1.29, 1.82) is 0 Å². The third-order valence-corrected chi connectivity index (χ3v) is 4.72. The summed E-state index contributed by atoms with van der Waals surface area (Å²) < 4.78 is 8.58. The lowest BCUT2D eigenvalue weighted by Crippen LogP contribution is -2.51. The molecule has 0 amide bonds. The van der Waals surface area contributed by atoms with Gasteiger partial charge in [-0.1, -0.05) is 13.8 Å². The predicted molar refractivity (Wildman–Crippen MR) is 83.5 cm³/mol. The summed E-state index contributed by atoms with van der Waals surface area (Å²) in [5.74, 6) is 0.848. The molecule has 2 unspecified atom stereocenters. The van der Waals surface area contributed by atoms with Crippen molar-refractivity contribution in [2.45, 2.75) is 39.3 Å². The fourth-order valence-electron chi connectivity index (χ4n) is 3.08. The largest absolute Gasteiger partial charge is 0.378 e. The summed E-state index contributed by atoms with van der Waals surface area (Å²) in [6.45, 7) is 7.23. The highest BCUT2D eigenvalue weighted by Crippen LogP contribution is 2.52. The first-order chi connectivity index (χ1) is 10.1. The van der Waals surface area contributed by atoms with Crippen LogP contribution in [0.5, 0.6) is 0 Å². The second kappa shape index (κ2) is 5.35. The topological polar surface area (TPSA) is 55.7 Å². The maximum atomic E-state index is 5.82. The van der Waals surface area contributed by atoms with Crippen LogP contribution in [0.1, 0.15) is 33.2 Å². The van der Waals surface area contributed by atoms with Crippen molar-refractivity contribution < 1.29 is 4.74 Å². The molecule has 0 bridgehead atoms. The molecule has 0 aromatic carbocycles. The summed E-state index contributed by atoms with van der Waals surface area (Å²) in [5.41, 5.74) is 1.01. The Hall–Kier alpha value is -1.53. The van der Waals surface area contributed by atoms with Crippen LogP contribution in [0, 0.1) is 10.2 Å². The van der Waals surface area contributed by atoms with Gasteiger partial charge in [-0.3, -0.25) is 14.6 Å². The molecule has 2 aromatic heterocycles. The Labute approximate surface area is 129 Å². The van der Waals surface area contributed by atoms with Gasteiger partial charge in [0.2, 0.25) is 0 Å². The van der Waals surface area contributed by atoms with Gasteiger partial charge in [0.05, 0.1) is 6.10 Å². The van der Waals surface area contributed by atoms with Crippen LogP contribution in [-0.4, -0.2) is 32.5 Å². The van der Waals surface area contributed by atoms with E-state index in [-0.39, 0.29) is 17.6 Å². The van der Waals surface area contributed by atoms with Crippen molar-refractivity contribution in [3.63, 3.8) is 0 Å². The zero-order chi connectivity index (χ0) is 15.0. The van der Waals surface area contributed by atoms with E-state index < -0.39 is 0 Å². The summed E-state index contributed by atoms with van der Waals surface area (Å²) in [5, 5.41) is 7.31. The van der Waals surface area contributed by atoms with Crippen LogP contribution in [0.15, 0.2) is 24.5 Å². The SMILES string of the molecule is CCOC1CC(n2c(-c3cccnc3)n[nH]c2=S)C1(C)C. The first kappa shape index (κ1) is 14.4. The van der Waals surface area contributed by atoms with Crippen molar-refractivity contribution in [1.82, 2.24) is 19.7 Å². The average Bonchev–Trinajstić information content (AvgIpc) is 2.85. The molecule has 3 rings (SSSR count). The minimum atomic E-state index is 0.0368. The maximum Gasteiger partial charge on any atom is 0.195 e. The summed E-state index contributed by atoms with van der Waals surface area (Å²) in [6.07, 6.45) is 4.80. The van der Waals surface area contributed by atoms with Crippen LogP contribution >= 0.6 is 12.2 Å². The molecule has 6 heteroatoms. The third kappa shape index (κ3) is 2.32. The molecule has 21 heavy (non-hydrogen) atoms. The Bertz CT molecular complexity index is 676. The molecule has 5 nitrogen and oxygen atoms in total. The fourth-order valence-corrected chi connectivity index (χ4v) is 3.34. The summed E-state index contributed by atoms with van der Waals surface area (Å²) in [4.78, 5) is 4.17. The first-order valence-corrected chi connectivity index (χ1v) is 7.65. The molecule has 1 saturated carbocycles. The number of hydrogen-bond acceptors (Lipinski definition) is 4. The van der Waals surface area contributed by atoms with Crippen LogP contribution in [0.4, 0.5) is 0 Å². The summed E-state index contributed by atoms with van der Waals surface area (Å²) in [7, 11) is 0. The molecular formula is C15H20N4OS. The van der Waals surface area contributed by atoms with Crippen LogP contribution in [-0.2, 0) is 4.74 Å². The summed E-state index contributed by atoms with van der Waals surface area (Å²) >= 11 is 5.44. The van der Waals surface area contributed by atoms with Gasteiger partial charge in [0.25, 0.3) is 0 Å². The molecule has 0 aliphatic heterocycles. The number of hydrogen-bond donors (Lipinski definition) is 1. The molecule has 0 saturated heterocycles. The van der Waals surface area contributed by atoms with Crippen molar-refractivity contribution >= 4 is 12.2 Å². The minimum absolute atomic E-state index is 0.0368. The number of nitrogens with zero attached hydrogens (tertiary/aromatic N) is 3. The Morgan fingerprint density at radius 1 is 1.52 bits per heavy atom. The van der Waals surface area contributed by atoms with Gasteiger partial charge >= 0.3 is 0 Å². The van der Waals surface area contributed by atoms with Gasteiger partial charge in [-0.25, -0.2) is 0 Å². The van der Waals surface area contributed by atoms with Gasteiger partial charge in [0, 0.05) is 36.0 Å². The van der Waals surface area contributed by atoms with E-state index in [0.29, 0.717) is 4.77 Å². The van der Waals surface area contributed by atoms with Gasteiger partial charge < -0.3 is 4.74 Å². The number of aromatic amines is 1. The Kier molecular flexibility index (Phi) is 3.67. The van der Waals surface area contributed by atoms with Crippen LogP contribution in [0.25, 0.3) is 11.4 Å². The van der Waals surface area contributed by atoms with Crippen molar-refractivity contribution in [2.75, 3.05) is 6.61 Å². The van der Waals surface area contributed by atoms with Gasteiger partial charge in [-0.15, -0.1) is 0 Å². The number of ether oxygens (including phenoxy) is 1. The molecular weight excluding hydrogens is 284 g/mol. The lowest BCUT2D eigenvalue weighted by atomic mass is 9.64. The molecule has 1 fully saturated rings. The van der Waals surface area contributed by atoms with E-state index in [1.165, 1.54) is 0 Å². The molecule has 2 heterocycles. The summed E-state index contributed by atoms with van der Waals surface area (Å²) in [6, 6.07) is 4.20. The van der Waals surface area contributed by atoms with E-state index in [2.05, 4.69) is 33.6 Å². The number of aromatic nitrogens is 4. The highest BCUT2D eigenvalue weighted by atomic mass is 32.1. The van der Waals surface area contributed by atoms with Gasteiger partial charge in [-0.2, -0.15) is 5.10 Å². The highest BCUT2D eigenvalue weighted by Gasteiger charge is 2.50. The second-order valence-corrected chi connectivity index (χ2v) is 6.37. The second-order valence-electron chi connectivity index (χ2n) is 5.98. The lowest BCUT2D eigenvalue weighted by Gasteiger charge is -2.52. The third-order valence-electron chi connectivity index (χ3n) is 4.43. The van der Waals surface area contributed by atoms with Crippen molar-refractivity contribution in [3.8, 4) is 11.4 Å². The number of rotatable bonds is 4. The zero-order valence-electron chi connectivity index (χ0n) is 12.5. The molecule has 1 N–H and O–H groups in total. The predicted octanol–water partition coefficient (Wildman–Crippen LogP) is 3.38. The molecule has 2 aromatic rings. The Morgan fingerprint density at radius 3 is 2.95 bits per heavy atom. The van der Waals surface area contributed by atoms with E-state index in [1.54, 1.807) is 6.20 Å². The van der Waals surface area contributed by atoms with Crippen LogP contribution < -0.4 is 0 Å². The van der Waals surface area contributed by atoms with Crippen LogP contribution in [0.2, 0.25) is 0 Å². The van der Waals surface area contributed by atoms with E-state index in [0.717, 1.165) is 24.4 Å². The van der Waals surface area contributed by atoms with Crippen molar-refractivity contribution in [3.05, 3.63) is 29.3 Å². The number of pyridine rings is 1. The Balaban J connectivity index is 1.98. The monoisotopic (exact) mass is 304 g/mol. The Morgan fingerprint density at radius 2 is 2.33 bits per heavy atom. The molecule has 0 radical (unpaired) electrons. The fraction of sp³-hybridized carbons (Fsp3) is 0.533. The van der Waals surface area contributed by atoms with Crippen molar-refractivity contribution in [2.24, 2.45) is 5.41 Å². The quantitative estimate of drug-likeness (QED) is 0.880. The standard InChI is InChI=1S/C15H20N4OS/c1-4-20-12-8-11(15(12,2)3)19-13(17-18-14(19)21)10-6-5-7-16-9-10/h5-7,9,11-12H,4,8H2,1-3H3,(H,18,21). The van der Waals surface area contributed by atoms with E-state index in [9.17, 15) is 0 Å². The maximum absolute atomic E-state index is 5.82. The molecule has 112 valence electrons. The van der Waals surface area contributed by atoms with Gasteiger partial charge in [-0.05, 0) is 37.7 Å². The van der Waals surface area contributed by atoms with E-state index in [1.807, 2.05) is 25.3 Å². The zero-order valence-corrected chi connectivity index (χ0v) is 13.4.